The van der Waals surface area contributed by atoms with Crippen LogP contribution in [0.25, 0.3) is 11.0 Å². The fourth-order valence-electron chi connectivity index (χ4n) is 2.54. The van der Waals surface area contributed by atoms with Gasteiger partial charge < -0.3 is 9.52 Å². The molecular formula is C17H16O2. The van der Waals surface area contributed by atoms with Gasteiger partial charge in [-0.15, -0.1) is 0 Å². The Morgan fingerprint density at radius 2 is 1.63 bits per heavy atom. The van der Waals surface area contributed by atoms with Gasteiger partial charge in [-0.25, -0.2) is 0 Å². The summed E-state index contributed by atoms with van der Waals surface area (Å²) in [5, 5.41) is 11.6. The second-order valence-electron chi connectivity index (χ2n) is 4.89. The van der Waals surface area contributed by atoms with Crippen molar-refractivity contribution in [1.82, 2.24) is 0 Å². The summed E-state index contributed by atoms with van der Waals surface area (Å²) in [5.41, 5.74) is 3.89. The normalized spacial score (nSPS) is 12.8. The monoisotopic (exact) mass is 252 g/mol. The third-order valence-electron chi connectivity index (χ3n) is 3.53. The summed E-state index contributed by atoms with van der Waals surface area (Å²) >= 11 is 0. The van der Waals surface area contributed by atoms with E-state index in [1.54, 1.807) is 0 Å². The molecular weight excluding hydrogens is 236 g/mol. The molecule has 0 fully saturated rings. The Morgan fingerprint density at radius 1 is 0.947 bits per heavy atom. The van der Waals surface area contributed by atoms with E-state index in [0.717, 1.165) is 27.7 Å². The lowest BCUT2D eigenvalue weighted by Gasteiger charge is -2.14. The Bertz CT molecular complexity index is 672. The summed E-state index contributed by atoms with van der Waals surface area (Å²) in [6.07, 6.45) is -0.714. The van der Waals surface area contributed by atoms with Gasteiger partial charge in [0.2, 0.25) is 0 Å². The summed E-state index contributed by atoms with van der Waals surface area (Å²) in [5.74, 6) is 0.596. The molecule has 2 aromatic carbocycles. The summed E-state index contributed by atoms with van der Waals surface area (Å²) in [6.45, 7) is 4.02. The number of hydrogen-bond acceptors (Lipinski definition) is 2. The number of benzene rings is 2. The van der Waals surface area contributed by atoms with Crippen LogP contribution in [0.3, 0.4) is 0 Å². The number of aliphatic hydroxyl groups excluding tert-OH is 1. The first kappa shape index (κ1) is 12.0. The van der Waals surface area contributed by atoms with E-state index in [1.807, 2.05) is 62.4 Å². The molecule has 0 spiro atoms. The van der Waals surface area contributed by atoms with Crippen molar-refractivity contribution in [3.63, 3.8) is 0 Å². The molecule has 1 N–H and O–H groups in total. The Morgan fingerprint density at radius 3 is 2.32 bits per heavy atom. The van der Waals surface area contributed by atoms with Crippen molar-refractivity contribution in [2.45, 2.75) is 20.0 Å². The second-order valence-corrected chi connectivity index (χ2v) is 4.89. The van der Waals surface area contributed by atoms with Gasteiger partial charge in [0.05, 0.1) is 0 Å². The van der Waals surface area contributed by atoms with Crippen LogP contribution in [-0.4, -0.2) is 5.11 Å². The van der Waals surface area contributed by atoms with E-state index in [0.29, 0.717) is 5.76 Å². The number of fused-ring (bicyclic) bond motifs is 1. The lowest BCUT2D eigenvalue weighted by Crippen LogP contribution is -2.03. The fourth-order valence-corrected chi connectivity index (χ4v) is 2.54. The Hall–Kier alpha value is -2.06. The van der Waals surface area contributed by atoms with Crippen molar-refractivity contribution < 1.29 is 9.52 Å². The van der Waals surface area contributed by atoms with Crippen molar-refractivity contribution in [3.05, 3.63) is 71.0 Å². The molecule has 1 aromatic heterocycles. The molecule has 1 atom stereocenters. The molecule has 0 aliphatic rings. The number of furan rings is 1. The van der Waals surface area contributed by atoms with Crippen LogP contribution in [0.1, 0.15) is 28.6 Å². The second kappa shape index (κ2) is 4.56. The van der Waals surface area contributed by atoms with Crippen LogP contribution in [0.4, 0.5) is 0 Å². The molecule has 2 heteroatoms. The van der Waals surface area contributed by atoms with E-state index in [2.05, 4.69) is 0 Å². The largest absolute Gasteiger partial charge is 0.458 e. The molecule has 0 saturated heterocycles. The number of rotatable bonds is 2. The number of para-hydroxylation sites is 1. The van der Waals surface area contributed by atoms with Gasteiger partial charge in [0.15, 0.2) is 0 Å². The van der Waals surface area contributed by atoms with Gasteiger partial charge in [0.25, 0.3) is 0 Å². The van der Waals surface area contributed by atoms with Gasteiger partial charge in [-0.1, -0.05) is 36.4 Å². The maximum absolute atomic E-state index is 10.6. The first-order chi connectivity index (χ1) is 9.16. The van der Waals surface area contributed by atoms with E-state index in [4.69, 9.17) is 4.42 Å². The number of aryl methyl sites for hydroxylation is 2. The lowest BCUT2D eigenvalue weighted by atomic mass is 9.96. The van der Waals surface area contributed by atoms with E-state index in [1.165, 1.54) is 0 Å². The van der Waals surface area contributed by atoms with Crippen molar-refractivity contribution in [3.8, 4) is 0 Å². The highest BCUT2D eigenvalue weighted by Crippen LogP contribution is 2.31. The molecule has 1 unspecified atom stereocenters. The molecule has 0 radical (unpaired) electrons. The molecule has 0 bridgehead atoms. The minimum Gasteiger partial charge on any atom is -0.458 e. The smallest absolute Gasteiger partial charge is 0.138 e. The molecule has 19 heavy (non-hydrogen) atoms. The van der Waals surface area contributed by atoms with Gasteiger partial charge in [0.1, 0.15) is 17.4 Å². The Labute approximate surface area is 112 Å². The van der Waals surface area contributed by atoms with Crippen LogP contribution in [0.15, 0.2) is 52.9 Å². The fraction of sp³-hybridized carbons (Fsp3) is 0.176. The van der Waals surface area contributed by atoms with Gasteiger partial charge in [-0.2, -0.15) is 0 Å². The van der Waals surface area contributed by atoms with E-state index >= 15 is 0 Å². The van der Waals surface area contributed by atoms with E-state index < -0.39 is 6.10 Å². The summed E-state index contributed by atoms with van der Waals surface area (Å²) in [7, 11) is 0. The SMILES string of the molecule is Cc1cccc(C)c1C(O)c1cc2ccccc2o1. The van der Waals surface area contributed by atoms with Crippen molar-refractivity contribution in [1.29, 1.82) is 0 Å². The third kappa shape index (κ3) is 2.04. The van der Waals surface area contributed by atoms with E-state index in [-0.39, 0.29) is 0 Å². The minimum absolute atomic E-state index is 0.596. The van der Waals surface area contributed by atoms with Gasteiger partial charge in [-0.3, -0.25) is 0 Å². The molecule has 0 amide bonds. The standard InChI is InChI=1S/C17H16O2/c1-11-6-5-7-12(2)16(11)17(18)15-10-13-8-3-4-9-14(13)19-15/h3-10,17-18H,1-2H3. The molecule has 3 aromatic rings. The van der Waals surface area contributed by atoms with Crippen LogP contribution in [0.2, 0.25) is 0 Å². The predicted octanol–water partition coefficient (Wildman–Crippen LogP) is 4.13. The molecule has 96 valence electrons. The summed E-state index contributed by atoms with van der Waals surface area (Å²) < 4.78 is 5.74. The van der Waals surface area contributed by atoms with Crippen molar-refractivity contribution in [2.24, 2.45) is 0 Å². The highest BCUT2D eigenvalue weighted by molar-refractivity contribution is 5.77. The van der Waals surface area contributed by atoms with Crippen molar-refractivity contribution >= 4 is 11.0 Å². The quantitative estimate of drug-likeness (QED) is 0.744. The number of aliphatic hydroxyl groups is 1. The highest BCUT2D eigenvalue weighted by atomic mass is 16.4. The maximum atomic E-state index is 10.6. The molecule has 0 aliphatic carbocycles. The molecule has 2 nitrogen and oxygen atoms in total. The third-order valence-corrected chi connectivity index (χ3v) is 3.53. The molecule has 3 rings (SSSR count). The maximum Gasteiger partial charge on any atom is 0.138 e. The Balaban J connectivity index is 2.10. The summed E-state index contributed by atoms with van der Waals surface area (Å²) in [4.78, 5) is 0. The van der Waals surface area contributed by atoms with E-state index in [9.17, 15) is 5.11 Å². The highest BCUT2D eigenvalue weighted by Gasteiger charge is 2.19. The lowest BCUT2D eigenvalue weighted by molar-refractivity contribution is 0.191. The summed E-state index contributed by atoms with van der Waals surface area (Å²) in [6, 6.07) is 15.7. The van der Waals surface area contributed by atoms with Gasteiger partial charge >= 0.3 is 0 Å². The molecule has 1 heterocycles. The zero-order chi connectivity index (χ0) is 13.4. The molecule has 0 aliphatic heterocycles. The first-order valence-corrected chi connectivity index (χ1v) is 6.39. The van der Waals surface area contributed by atoms with Crippen LogP contribution in [0, 0.1) is 13.8 Å². The zero-order valence-electron chi connectivity index (χ0n) is 11.1. The average molecular weight is 252 g/mol. The molecule has 0 saturated carbocycles. The van der Waals surface area contributed by atoms with Crippen LogP contribution in [-0.2, 0) is 0 Å². The van der Waals surface area contributed by atoms with Gasteiger partial charge in [-0.05, 0) is 42.7 Å². The number of hydrogen-bond donors (Lipinski definition) is 1. The van der Waals surface area contributed by atoms with Gasteiger partial charge in [0, 0.05) is 5.39 Å². The van der Waals surface area contributed by atoms with Crippen LogP contribution in [0.5, 0.6) is 0 Å². The Kier molecular flexibility index (Phi) is 2.88. The zero-order valence-corrected chi connectivity index (χ0v) is 11.1. The topological polar surface area (TPSA) is 33.4 Å². The average Bonchev–Trinajstić information content (AvgIpc) is 2.82. The van der Waals surface area contributed by atoms with Crippen molar-refractivity contribution in [2.75, 3.05) is 0 Å². The first-order valence-electron chi connectivity index (χ1n) is 6.39. The predicted molar refractivity (Wildman–Crippen MR) is 76.2 cm³/mol. The van der Waals surface area contributed by atoms with Crippen LogP contribution < -0.4 is 0 Å². The van der Waals surface area contributed by atoms with Crippen LogP contribution >= 0.6 is 0 Å². The minimum atomic E-state index is -0.714.